The maximum atomic E-state index is 5.67. The largest absolute Gasteiger partial charge is 0.489 e. The number of aryl methyl sites for hydroxylation is 1. The molecule has 0 bridgehead atoms. The summed E-state index contributed by atoms with van der Waals surface area (Å²) in [6, 6.07) is 0. The van der Waals surface area contributed by atoms with Gasteiger partial charge in [-0.3, -0.25) is 4.90 Å². The fraction of sp³-hybridized carbons (Fsp3) is 0.636. The van der Waals surface area contributed by atoms with E-state index in [1.54, 1.807) is 6.20 Å². The van der Waals surface area contributed by atoms with Crippen LogP contribution in [0.2, 0.25) is 5.28 Å². The predicted molar refractivity (Wildman–Crippen MR) is 64.5 cm³/mol. The third kappa shape index (κ3) is 3.80. The normalized spacial score (nSPS) is 17.1. The number of hydrogen-bond donors (Lipinski definition) is 0. The summed E-state index contributed by atoms with van der Waals surface area (Å²) < 4.78 is 10.9. The third-order valence-corrected chi connectivity index (χ3v) is 2.86. The molecular weight excluding hydrogens is 242 g/mol. The van der Waals surface area contributed by atoms with Crippen LogP contribution in [0.25, 0.3) is 0 Å². The molecule has 0 amide bonds. The molecule has 0 radical (unpaired) electrons. The maximum absolute atomic E-state index is 5.67. The van der Waals surface area contributed by atoms with E-state index in [4.69, 9.17) is 21.1 Å². The van der Waals surface area contributed by atoms with E-state index in [1.165, 1.54) is 0 Å². The lowest BCUT2D eigenvalue weighted by atomic mass is 10.4. The SMILES string of the molecule is Cc1nc(Cl)ncc1OCCN1CCOCC1. The Balaban J connectivity index is 1.77. The van der Waals surface area contributed by atoms with Crippen LogP contribution >= 0.6 is 11.6 Å². The van der Waals surface area contributed by atoms with Crippen molar-refractivity contribution >= 4 is 11.6 Å². The van der Waals surface area contributed by atoms with Gasteiger partial charge in [-0.1, -0.05) is 0 Å². The number of morpholine rings is 1. The first kappa shape index (κ1) is 12.5. The minimum absolute atomic E-state index is 0.253. The lowest BCUT2D eigenvalue weighted by molar-refractivity contribution is 0.0321. The fourth-order valence-electron chi connectivity index (χ4n) is 1.68. The van der Waals surface area contributed by atoms with Gasteiger partial charge in [-0.2, -0.15) is 0 Å². The average Bonchev–Trinajstić information content (AvgIpc) is 2.33. The van der Waals surface area contributed by atoms with E-state index >= 15 is 0 Å². The highest BCUT2D eigenvalue weighted by atomic mass is 35.5. The van der Waals surface area contributed by atoms with Gasteiger partial charge in [0.05, 0.1) is 25.1 Å². The second-order valence-electron chi connectivity index (χ2n) is 3.89. The first-order valence-corrected chi connectivity index (χ1v) is 6.05. The molecular formula is C11H16ClN3O2. The molecule has 1 aromatic rings. The van der Waals surface area contributed by atoms with Gasteiger partial charge in [-0.15, -0.1) is 0 Å². The highest BCUT2D eigenvalue weighted by Gasteiger charge is 2.10. The van der Waals surface area contributed by atoms with Crippen molar-refractivity contribution in [3.8, 4) is 5.75 Å². The molecule has 1 aliphatic heterocycles. The zero-order chi connectivity index (χ0) is 12.1. The second-order valence-corrected chi connectivity index (χ2v) is 4.23. The van der Waals surface area contributed by atoms with Crippen LogP contribution in [0.1, 0.15) is 5.69 Å². The number of rotatable bonds is 4. The van der Waals surface area contributed by atoms with Crippen LogP contribution in [0.3, 0.4) is 0 Å². The van der Waals surface area contributed by atoms with Crippen molar-refractivity contribution in [1.29, 1.82) is 0 Å². The van der Waals surface area contributed by atoms with Crippen molar-refractivity contribution < 1.29 is 9.47 Å². The summed E-state index contributed by atoms with van der Waals surface area (Å²) in [6.45, 7) is 6.94. The number of aromatic nitrogens is 2. The highest BCUT2D eigenvalue weighted by molar-refractivity contribution is 6.28. The Bertz CT molecular complexity index is 370. The molecule has 0 aromatic carbocycles. The molecule has 0 N–H and O–H groups in total. The summed E-state index contributed by atoms with van der Waals surface area (Å²) in [4.78, 5) is 10.3. The van der Waals surface area contributed by atoms with Crippen molar-refractivity contribution in [3.63, 3.8) is 0 Å². The van der Waals surface area contributed by atoms with Gasteiger partial charge in [0, 0.05) is 19.6 Å². The van der Waals surface area contributed by atoms with Gasteiger partial charge in [-0.05, 0) is 18.5 Å². The molecule has 0 unspecified atom stereocenters. The fourth-order valence-corrected chi connectivity index (χ4v) is 1.85. The molecule has 1 aromatic heterocycles. The number of nitrogens with zero attached hydrogens (tertiary/aromatic N) is 3. The molecule has 5 nitrogen and oxygen atoms in total. The van der Waals surface area contributed by atoms with Gasteiger partial charge in [0.2, 0.25) is 5.28 Å². The summed E-state index contributed by atoms with van der Waals surface area (Å²) >= 11 is 5.67. The van der Waals surface area contributed by atoms with Crippen molar-refractivity contribution in [3.05, 3.63) is 17.2 Å². The number of halogens is 1. The maximum Gasteiger partial charge on any atom is 0.222 e. The molecule has 0 aliphatic carbocycles. The van der Waals surface area contributed by atoms with Crippen LogP contribution in [0.5, 0.6) is 5.75 Å². The molecule has 2 rings (SSSR count). The quantitative estimate of drug-likeness (QED) is 0.758. The Kier molecular flexibility index (Phi) is 4.53. The molecule has 0 saturated carbocycles. The standard InChI is InChI=1S/C11H16ClN3O2/c1-9-10(8-13-11(12)14-9)17-7-4-15-2-5-16-6-3-15/h8H,2-7H2,1H3. The van der Waals surface area contributed by atoms with E-state index in [0.717, 1.165) is 38.5 Å². The molecule has 94 valence electrons. The van der Waals surface area contributed by atoms with Gasteiger partial charge in [0.1, 0.15) is 6.61 Å². The van der Waals surface area contributed by atoms with E-state index in [0.29, 0.717) is 12.4 Å². The summed E-state index contributed by atoms with van der Waals surface area (Å²) in [5.74, 6) is 0.697. The van der Waals surface area contributed by atoms with Gasteiger partial charge in [0.15, 0.2) is 5.75 Å². The van der Waals surface area contributed by atoms with E-state index in [1.807, 2.05) is 6.92 Å². The number of ether oxygens (including phenoxy) is 2. The molecule has 1 saturated heterocycles. The number of hydrogen-bond acceptors (Lipinski definition) is 5. The van der Waals surface area contributed by atoms with Crippen LogP contribution in [-0.4, -0.2) is 54.3 Å². The summed E-state index contributed by atoms with van der Waals surface area (Å²) in [5.41, 5.74) is 0.770. The highest BCUT2D eigenvalue weighted by Crippen LogP contribution is 2.15. The lowest BCUT2D eigenvalue weighted by Crippen LogP contribution is -2.38. The minimum atomic E-state index is 0.253. The van der Waals surface area contributed by atoms with Crippen LogP contribution in [-0.2, 0) is 4.74 Å². The van der Waals surface area contributed by atoms with Crippen molar-refractivity contribution in [2.75, 3.05) is 39.5 Å². The smallest absolute Gasteiger partial charge is 0.222 e. The Morgan fingerprint density at radius 2 is 2.24 bits per heavy atom. The Morgan fingerprint density at radius 1 is 1.47 bits per heavy atom. The van der Waals surface area contributed by atoms with E-state index in [-0.39, 0.29) is 5.28 Å². The summed E-state index contributed by atoms with van der Waals surface area (Å²) in [6.07, 6.45) is 1.62. The zero-order valence-electron chi connectivity index (χ0n) is 9.86. The monoisotopic (exact) mass is 257 g/mol. The van der Waals surface area contributed by atoms with Crippen molar-refractivity contribution in [2.24, 2.45) is 0 Å². The topological polar surface area (TPSA) is 47.5 Å². The van der Waals surface area contributed by atoms with Crippen LogP contribution in [0.15, 0.2) is 6.20 Å². The zero-order valence-corrected chi connectivity index (χ0v) is 10.6. The molecule has 1 aliphatic rings. The summed E-state index contributed by atoms with van der Waals surface area (Å²) in [5, 5.41) is 0.253. The van der Waals surface area contributed by atoms with Crippen LogP contribution < -0.4 is 4.74 Å². The Morgan fingerprint density at radius 3 is 2.94 bits per heavy atom. The summed E-state index contributed by atoms with van der Waals surface area (Å²) in [7, 11) is 0. The second kappa shape index (κ2) is 6.14. The van der Waals surface area contributed by atoms with Crippen LogP contribution in [0, 0.1) is 6.92 Å². The third-order valence-electron chi connectivity index (χ3n) is 2.67. The molecule has 6 heteroatoms. The molecule has 1 fully saturated rings. The Labute approximate surface area is 106 Å². The average molecular weight is 258 g/mol. The lowest BCUT2D eigenvalue weighted by Gasteiger charge is -2.26. The minimum Gasteiger partial charge on any atom is -0.489 e. The van der Waals surface area contributed by atoms with Gasteiger partial charge < -0.3 is 9.47 Å². The molecule has 17 heavy (non-hydrogen) atoms. The molecule has 0 spiro atoms. The van der Waals surface area contributed by atoms with Crippen molar-refractivity contribution in [1.82, 2.24) is 14.9 Å². The first-order chi connectivity index (χ1) is 8.25. The Hall–Kier alpha value is -0.910. The van der Waals surface area contributed by atoms with Gasteiger partial charge in [-0.25, -0.2) is 9.97 Å². The van der Waals surface area contributed by atoms with Crippen LogP contribution in [0.4, 0.5) is 0 Å². The molecule has 2 heterocycles. The van der Waals surface area contributed by atoms with Gasteiger partial charge >= 0.3 is 0 Å². The van der Waals surface area contributed by atoms with Crippen molar-refractivity contribution in [2.45, 2.75) is 6.92 Å². The van der Waals surface area contributed by atoms with E-state index in [2.05, 4.69) is 14.9 Å². The predicted octanol–water partition coefficient (Wildman–Crippen LogP) is 1.15. The van der Waals surface area contributed by atoms with Gasteiger partial charge in [0.25, 0.3) is 0 Å². The van der Waals surface area contributed by atoms with E-state index in [9.17, 15) is 0 Å². The van der Waals surface area contributed by atoms with E-state index < -0.39 is 0 Å². The first-order valence-electron chi connectivity index (χ1n) is 5.68. The molecule has 0 atom stereocenters.